The van der Waals surface area contributed by atoms with Crippen LogP contribution in [0.2, 0.25) is 0 Å². The summed E-state index contributed by atoms with van der Waals surface area (Å²) in [6.45, 7) is 0.178. The minimum atomic E-state index is -1.20. The molecule has 0 unspecified atom stereocenters. The molecule has 66 valence electrons. The molecule has 2 fully saturated rings. The monoisotopic (exact) mass is 173 g/mol. The minimum Gasteiger partial charge on any atom is -0.480 e. The molecule has 2 rings (SSSR count). The predicted molar refractivity (Wildman–Crippen MR) is 34.8 cm³/mol. The van der Waals surface area contributed by atoms with E-state index in [-0.39, 0.29) is 12.6 Å². The van der Waals surface area contributed by atoms with Crippen molar-refractivity contribution >= 4 is 12.1 Å². The summed E-state index contributed by atoms with van der Waals surface area (Å²) in [5.41, 5.74) is 0. The van der Waals surface area contributed by atoms with Crippen molar-refractivity contribution < 1.29 is 24.5 Å². The van der Waals surface area contributed by atoms with Crippen LogP contribution in [0.5, 0.6) is 0 Å². The van der Waals surface area contributed by atoms with Crippen LogP contribution in [0.25, 0.3) is 0 Å². The topological polar surface area (TPSA) is 90.4 Å². The number of aliphatic carboxylic acids is 1. The van der Waals surface area contributed by atoms with E-state index >= 15 is 0 Å². The van der Waals surface area contributed by atoms with Gasteiger partial charge in [0.1, 0.15) is 12.2 Å². The van der Waals surface area contributed by atoms with Gasteiger partial charge in [-0.1, -0.05) is 0 Å². The number of hydrogen-bond donors (Lipinski definition) is 2. The third-order valence-corrected chi connectivity index (χ3v) is 2.14. The molecule has 2 N–H and O–H groups in total. The average molecular weight is 173 g/mol. The molecule has 0 aromatic rings. The number of nitrogens with zero attached hydrogens (tertiary/aromatic N) is 1. The predicted octanol–water partition coefficient (Wildman–Crippen LogP) is -0.799. The average Bonchev–Trinajstić information content (AvgIpc) is 2.60. The highest BCUT2D eigenvalue weighted by molar-refractivity contribution is 5.81. The molecule has 2 aliphatic rings. The van der Waals surface area contributed by atoms with E-state index in [4.69, 9.17) is 14.9 Å². The van der Waals surface area contributed by atoms with Crippen LogP contribution in [0, 0.1) is 0 Å². The summed E-state index contributed by atoms with van der Waals surface area (Å²) in [5, 5.41) is 17.2. The van der Waals surface area contributed by atoms with Gasteiger partial charge in [-0.25, -0.2) is 9.59 Å². The number of carbonyl (C=O) groups is 2. The third-order valence-electron chi connectivity index (χ3n) is 2.14. The van der Waals surface area contributed by atoms with E-state index in [1.54, 1.807) is 0 Å². The van der Waals surface area contributed by atoms with E-state index < -0.39 is 24.2 Å². The van der Waals surface area contributed by atoms with E-state index in [1.165, 1.54) is 0 Å². The van der Waals surface area contributed by atoms with Crippen LogP contribution in [0.15, 0.2) is 0 Å². The molecule has 2 saturated heterocycles. The van der Waals surface area contributed by atoms with Crippen molar-refractivity contribution in [3.8, 4) is 0 Å². The van der Waals surface area contributed by atoms with Crippen molar-refractivity contribution in [1.29, 1.82) is 0 Å². The van der Waals surface area contributed by atoms with Crippen LogP contribution in [0.4, 0.5) is 4.79 Å². The Labute approximate surface area is 67.3 Å². The first-order chi connectivity index (χ1) is 5.61. The smallest absolute Gasteiger partial charge is 0.408 e. The zero-order chi connectivity index (χ0) is 8.88. The molecule has 3 atom stereocenters. The molecule has 0 aliphatic carbocycles. The molecule has 6 nitrogen and oxygen atoms in total. The van der Waals surface area contributed by atoms with E-state index in [0.717, 1.165) is 4.90 Å². The van der Waals surface area contributed by atoms with Crippen LogP contribution in [-0.4, -0.2) is 52.0 Å². The number of ether oxygens (including phenoxy) is 1. The lowest BCUT2D eigenvalue weighted by atomic mass is 10.2. The van der Waals surface area contributed by atoms with Crippen molar-refractivity contribution in [2.45, 2.75) is 18.2 Å². The largest absolute Gasteiger partial charge is 0.480 e. The number of morpholine rings is 1. The number of likely N-dealkylation sites (tertiary alicyclic amines) is 1. The van der Waals surface area contributed by atoms with Crippen LogP contribution in [0.3, 0.4) is 0 Å². The Morgan fingerprint density at radius 1 is 1.42 bits per heavy atom. The molecule has 0 aromatic carbocycles. The highest BCUT2D eigenvalue weighted by Gasteiger charge is 2.59. The second kappa shape index (κ2) is 2.10. The second-order valence-electron chi connectivity index (χ2n) is 2.86. The molecule has 6 heteroatoms. The fraction of sp³-hybridized carbons (Fsp3) is 0.667. The molecule has 1 amide bonds. The van der Waals surface area contributed by atoms with Gasteiger partial charge in [-0.15, -0.1) is 0 Å². The van der Waals surface area contributed by atoms with E-state index in [9.17, 15) is 9.59 Å². The number of amides is 1. The first kappa shape index (κ1) is 7.35. The molecular formula is C6H7NO5. The molecule has 0 aromatic heterocycles. The molecule has 2 aliphatic heterocycles. The standard InChI is InChI=1S/C6H7NO5/c8-5(9)3-4-2(12-4)1-7(3)6(10)11/h2-4H,1H2,(H,8,9)(H,10,11)/t2-,3+,4-/m1/s1. The summed E-state index contributed by atoms with van der Waals surface area (Å²) >= 11 is 0. The van der Waals surface area contributed by atoms with Gasteiger partial charge in [0.05, 0.1) is 6.54 Å². The number of hydrogen-bond acceptors (Lipinski definition) is 3. The van der Waals surface area contributed by atoms with Crippen LogP contribution in [-0.2, 0) is 9.53 Å². The number of epoxide rings is 1. The Morgan fingerprint density at radius 2 is 2.08 bits per heavy atom. The Bertz CT molecular complexity index is 252. The van der Waals surface area contributed by atoms with Crippen molar-refractivity contribution in [1.82, 2.24) is 4.90 Å². The lowest BCUT2D eigenvalue weighted by Gasteiger charge is -2.19. The van der Waals surface area contributed by atoms with Gasteiger partial charge in [-0.05, 0) is 0 Å². The number of carboxylic acids is 1. The van der Waals surface area contributed by atoms with Crippen molar-refractivity contribution in [3.63, 3.8) is 0 Å². The van der Waals surface area contributed by atoms with Gasteiger partial charge in [0.2, 0.25) is 0 Å². The van der Waals surface area contributed by atoms with Gasteiger partial charge in [-0.3, -0.25) is 4.90 Å². The summed E-state index contributed by atoms with van der Waals surface area (Å²) in [4.78, 5) is 22.0. The second-order valence-corrected chi connectivity index (χ2v) is 2.86. The van der Waals surface area contributed by atoms with Crippen LogP contribution in [0.1, 0.15) is 0 Å². The fourth-order valence-electron chi connectivity index (χ4n) is 1.54. The Hall–Kier alpha value is -1.30. The van der Waals surface area contributed by atoms with Gasteiger partial charge >= 0.3 is 12.1 Å². The maximum absolute atomic E-state index is 10.6. The first-order valence-corrected chi connectivity index (χ1v) is 3.49. The summed E-state index contributed by atoms with van der Waals surface area (Å²) in [6.07, 6.45) is -1.81. The first-order valence-electron chi connectivity index (χ1n) is 3.49. The van der Waals surface area contributed by atoms with Gasteiger partial charge in [-0.2, -0.15) is 0 Å². The fourth-order valence-corrected chi connectivity index (χ4v) is 1.54. The van der Waals surface area contributed by atoms with E-state index in [0.29, 0.717) is 0 Å². The molecular weight excluding hydrogens is 166 g/mol. The normalized spacial score (nSPS) is 37.7. The lowest BCUT2D eigenvalue weighted by Crippen LogP contribution is -2.44. The molecule has 2 heterocycles. The van der Waals surface area contributed by atoms with Gasteiger partial charge < -0.3 is 14.9 Å². The zero-order valence-corrected chi connectivity index (χ0v) is 6.01. The maximum atomic E-state index is 10.6. The zero-order valence-electron chi connectivity index (χ0n) is 6.01. The molecule has 0 spiro atoms. The summed E-state index contributed by atoms with van der Waals surface area (Å²) < 4.78 is 4.92. The SMILES string of the molecule is O=C(O)[C@@H]1[C@@H]2O[C@@H]2CN1C(=O)O. The number of fused-ring (bicyclic) bond motifs is 1. The van der Waals surface area contributed by atoms with Gasteiger partial charge in [0, 0.05) is 0 Å². The summed E-state index contributed by atoms with van der Waals surface area (Å²) in [6, 6.07) is -1.01. The highest BCUT2D eigenvalue weighted by atomic mass is 16.6. The Kier molecular flexibility index (Phi) is 1.29. The number of rotatable bonds is 1. The van der Waals surface area contributed by atoms with Crippen molar-refractivity contribution in [2.24, 2.45) is 0 Å². The lowest BCUT2D eigenvalue weighted by molar-refractivity contribution is -0.143. The number of carboxylic acid groups (broad SMARTS) is 2. The van der Waals surface area contributed by atoms with Crippen LogP contribution < -0.4 is 0 Å². The quantitative estimate of drug-likeness (QED) is 0.506. The third kappa shape index (κ3) is 0.845. The van der Waals surface area contributed by atoms with Gasteiger partial charge in [0.25, 0.3) is 0 Å². The van der Waals surface area contributed by atoms with E-state index in [1.807, 2.05) is 0 Å². The maximum Gasteiger partial charge on any atom is 0.408 e. The van der Waals surface area contributed by atoms with E-state index in [2.05, 4.69) is 0 Å². The molecule has 0 radical (unpaired) electrons. The molecule has 12 heavy (non-hydrogen) atoms. The molecule has 0 saturated carbocycles. The Balaban J connectivity index is 2.16. The summed E-state index contributed by atoms with van der Waals surface area (Å²) in [7, 11) is 0. The van der Waals surface area contributed by atoms with Crippen molar-refractivity contribution in [2.75, 3.05) is 6.54 Å². The summed E-state index contributed by atoms with van der Waals surface area (Å²) in [5.74, 6) is -1.14. The minimum absolute atomic E-state index is 0.178. The Morgan fingerprint density at radius 3 is 2.50 bits per heavy atom. The van der Waals surface area contributed by atoms with Crippen LogP contribution >= 0.6 is 0 Å². The highest BCUT2D eigenvalue weighted by Crippen LogP contribution is 2.36. The molecule has 0 bridgehead atoms. The van der Waals surface area contributed by atoms with Gasteiger partial charge in [0.15, 0.2) is 6.04 Å². The van der Waals surface area contributed by atoms with Crippen molar-refractivity contribution in [3.05, 3.63) is 0 Å².